The summed E-state index contributed by atoms with van der Waals surface area (Å²) in [6, 6.07) is 3.85. The quantitative estimate of drug-likeness (QED) is 0.342. The number of nitro groups is 1. The Hall–Kier alpha value is -2.35. The molecule has 1 rings (SSSR count). The van der Waals surface area contributed by atoms with Crippen molar-refractivity contribution in [2.75, 3.05) is 10.7 Å². The number of hydrogen-bond acceptors (Lipinski definition) is 6. The van der Waals surface area contributed by atoms with Gasteiger partial charge in [-0.3, -0.25) is 20.8 Å². The molecule has 1 unspecified atom stereocenters. The zero-order chi connectivity index (χ0) is 14.6. The summed E-state index contributed by atoms with van der Waals surface area (Å²) in [5.41, 5.74) is 7.64. The SMILES string of the molecule is CC(C)C(Nc1cccc(NN)c1[N+](=O)[O-])C(N)=O. The van der Waals surface area contributed by atoms with Crippen molar-refractivity contribution in [3.63, 3.8) is 0 Å². The number of nitrogen functional groups attached to an aromatic ring is 1. The summed E-state index contributed by atoms with van der Waals surface area (Å²) in [5.74, 6) is 4.56. The molecule has 8 nitrogen and oxygen atoms in total. The number of nitrogens with one attached hydrogen (secondary N) is 2. The minimum atomic E-state index is -0.702. The van der Waals surface area contributed by atoms with Gasteiger partial charge < -0.3 is 16.5 Å². The number of hydrazine groups is 1. The minimum Gasteiger partial charge on any atom is -0.368 e. The lowest BCUT2D eigenvalue weighted by molar-refractivity contribution is -0.383. The molecule has 104 valence electrons. The van der Waals surface area contributed by atoms with Crippen molar-refractivity contribution in [1.29, 1.82) is 0 Å². The fourth-order valence-electron chi connectivity index (χ4n) is 1.71. The molecular weight excluding hydrogens is 250 g/mol. The Morgan fingerprint density at radius 2 is 1.95 bits per heavy atom. The van der Waals surface area contributed by atoms with Crippen LogP contribution in [0.15, 0.2) is 18.2 Å². The lowest BCUT2D eigenvalue weighted by Crippen LogP contribution is -2.39. The largest absolute Gasteiger partial charge is 0.368 e. The lowest BCUT2D eigenvalue weighted by atomic mass is 10.0. The number of carbonyl (C=O) groups is 1. The Kier molecular flexibility index (Phi) is 4.65. The molecule has 0 fully saturated rings. The molecule has 0 spiro atoms. The molecule has 0 saturated heterocycles. The van der Waals surface area contributed by atoms with Crippen LogP contribution in [0, 0.1) is 16.0 Å². The van der Waals surface area contributed by atoms with Gasteiger partial charge in [-0.2, -0.15) is 0 Å². The summed E-state index contributed by atoms with van der Waals surface area (Å²) in [7, 11) is 0. The summed E-state index contributed by atoms with van der Waals surface area (Å²) in [4.78, 5) is 21.8. The summed E-state index contributed by atoms with van der Waals surface area (Å²) in [6.45, 7) is 3.58. The van der Waals surface area contributed by atoms with E-state index in [0.717, 1.165) is 0 Å². The number of anilines is 2. The normalized spacial score (nSPS) is 12.0. The zero-order valence-electron chi connectivity index (χ0n) is 10.7. The molecule has 0 aliphatic heterocycles. The molecule has 1 atom stereocenters. The number of nitrogens with two attached hydrogens (primary N) is 2. The summed E-state index contributed by atoms with van der Waals surface area (Å²) in [6.07, 6.45) is 0. The predicted octanol–water partition coefficient (Wildman–Crippen LogP) is 0.802. The van der Waals surface area contributed by atoms with Gasteiger partial charge in [0, 0.05) is 0 Å². The van der Waals surface area contributed by atoms with Crippen LogP contribution >= 0.6 is 0 Å². The van der Waals surface area contributed by atoms with Crippen LogP contribution < -0.4 is 22.3 Å². The van der Waals surface area contributed by atoms with Crippen LogP contribution in [0.2, 0.25) is 0 Å². The van der Waals surface area contributed by atoms with Gasteiger partial charge >= 0.3 is 5.69 Å². The van der Waals surface area contributed by atoms with Crippen molar-refractivity contribution in [2.45, 2.75) is 19.9 Å². The molecule has 1 amide bonds. The fraction of sp³-hybridized carbons (Fsp3) is 0.364. The number of primary amides is 1. The van der Waals surface area contributed by atoms with Crippen LogP contribution in [-0.4, -0.2) is 16.9 Å². The van der Waals surface area contributed by atoms with Crippen molar-refractivity contribution < 1.29 is 9.72 Å². The highest BCUT2D eigenvalue weighted by molar-refractivity contribution is 5.85. The second-order valence-electron chi connectivity index (χ2n) is 4.37. The maximum absolute atomic E-state index is 11.3. The summed E-state index contributed by atoms with van der Waals surface area (Å²) < 4.78 is 0. The number of carbonyl (C=O) groups excluding carboxylic acids is 1. The molecule has 19 heavy (non-hydrogen) atoms. The molecule has 0 aromatic heterocycles. The molecule has 1 aromatic carbocycles. The van der Waals surface area contributed by atoms with Gasteiger partial charge in [0.05, 0.1) is 4.92 Å². The number of para-hydroxylation sites is 1. The van der Waals surface area contributed by atoms with Gasteiger partial charge in [0.2, 0.25) is 5.91 Å². The average Bonchev–Trinajstić information content (AvgIpc) is 2.34. The Labute approximate surface area is 110 Å². The predicted molar refractivity (Wildman–Crippen MR) is 72.3 cm³/mol. The maximum Gasteiger partial charge on any atom is 0.316 e. The van der Waals surface area contributed by atoms with E-state index in [0.29, 0.717) is 0 Å². The van der Waals surface area contributed by atoms with E-state index in [1.54, 1.807) is 19.9 Å². The highest BCUT2D eigenvalue weighted by Gasteiger charge is 2.25. The zero-order valence-corrected chi connectivity index (χ0v) is 10.7. The van der Waals surface area contributed by atoms with Gasteiger partial charge in [-0.1, -0.05) is 19.9 Å². The van der Waals surface area contributed by atoms with Gasteiger partial charge in [-0.15, -0.1) is 0 Å². The van der Waals surface area contributed by atoms with Gasteiger partial charge in [-0.25, -0.2) is 0 Å². The molecule has 0 aliphatic rings. The second kappa shape index (κ2) is 6.01. The van der Waals surface area contributed by atoms with E-state index >= 15 is 0 Å². The van der Waals surface area contributed by atoms with Crippen LogP contribution in [0.3, 0.4) is 0 Å². The molecule has 1 aromatic rings. The van der Waals surface area contributed by atoms with Crippen molar-refractivity contribution in [3.8, 4) is 0 Å². The van der Waals surface area contributed by atoms with E-state index in [2.05, 4.69) is 10.7 Å². The van der Waals surface area contributed by atoms with Gasteiger partial charge in [0.1, 0.15) is 17.4 Å². The Bertz CT molecular complexity index is 489. The molecular formula is C11H17N5O3. The first-order valence-electron chi connectivity index (χ1n) is 5.68. The number of hydrogen-bond donors (Lipinski definition) is 4. The third kappa shape index (κ3) is 3.32. The fourth-order valence-corrected chi connectivity index (χ4v) is 1.71. The van der Waals surface area contributed by atoms with Crippen molar-refractivity contribution in [1.82, 2.24) is 0 Å². The Morgan fingerprint density at radius 1 is 1.37 bits per heavy atom. The van der Waals surface area contributed by atoms with Gasteiger partial charge in [0.25, 0.3) is 0 Å². The number of rotatable bonds is 6. The lowest BCUT2D eigenvalue weighted by Gasteiger charge is -2.20. The van der Waals surface area contributed by atoms with Gasteiger partial charge in [0.15, 0.2) is 0 Å². The van der Waals surface area contributed by atoms with Crippen molar-refractivity contribution in [3.05, 3.63) is 28.3 Å². The van der Waals surface area contributed by atoms with Crippen LogP contribution in [0.1, 0.15) is 13.8 Å². The smallest absolute Gasteiger partial charge is 0.316 e. The van der Waals surface area contributed by atoms with E-state index in [1.165, 1.54) is 12.1 Å². The average molecular weight is 267 g/mol. The minimum absolute atomic E-state index is 0.105. The molecule has 0 heterocycles. The Morgan fingerprint density at radius 3 is 2.37 bits per heavy atom. The topological polar surface area (TPSA) is 136 Å². The maximum atomic E-state index is 11.3. The van der Waals surface area contributed by atoms with E-state index in [9.17, 15) is 14.9 Å². The summed E-state index contributed by atoms with van der Waals surface area (Å²) >= 11 is 0. The highest BCUT2D eigenvalue weighted by Crippen LogP contribution is 2.33. The van der Waals surface area contributed by atoms with Gasteiger partial charge in [-0.05, 0) is 18.1 Å². The number of nitro benzene ring substituents is 1. The van der Waals surface area contributed by atoms with E-state index < -0.39 is 16.9 Å². The molecule has 8 heteroatoms. The van der Waals surface area contributed by atoms with Crippen LogP contribution in [-0.2, 0) is 4.79 Å². The summed E-state index contributed by atoms with van der Waals surface area (Å²) in [5, 5.41) is 13.9. The van der Waals surface area contributed by atoms with Crippen LogP contribution in [0.4, 0.5) is 17.1 Å². The van der Waals surface area contributed by atoms with Crippen molar-refractivity contribution in [2.24, 2.45) is 17.5 Å². The molecule has 0 aliphatic carbocycles. The van der Waals surface area contributed by atoms with E-state index in [4.69, 9.17) is 11.6 Å². The monoisotopic (exact) mass is 267 g/mol. The second-order valence-corrected chi connectivity index (χ2v) is 4.37. The standard InChI is InChI=1S/C11H17N5O3/c1-6(2)9(11(12)17)14-7-4-3-5-8(15-13)10(7)16(18)19/h3-6,9,14-15H,13H2,1-2H3,(H2,12,17). The molecule has 0 saturated carbocycles. The number of nitrogens with zero attached hydrogens (tertiary/aromatic N) is 1. The molecule has 6 N–H and O–H groups in total. The van der Waals surface area contributed by atoms with Crippen LogP contribution in [0.25, 0.3) is 0 Å². The molecule has 0 bridgehead atoms. The highest BCUT2D eigenvalue weighted by atomic mass is 16.6. The van der Waals surface area contributed by atoms with Crippen molar-refractivity contribution >= 4 is 23.0 Å². The van der Waals surface area contributed by atoms with Crippen LogP contribution in [0.5, 0.6) is 0 Å². The Balaban J connectivity index is 3.20. The third-order valence-electron chi connectivity index (χ3n) is 2.66. The first-order valence-corrected chi connectivity index (χ1v) is 5.68. The number of benzene rings is 1. The number of amides is 1. The first kappa shape index (κ1) is 14.7. The first-order chi connectivity index (χ1) is 8.88. The third-order valence-corrected chi connectivity index (χ3v) is 2.66. The molecule has 0 radical (unpaired) electrons. The van der Waals surface area contributed by atoms with E-state index in [-0.39, 0.29) is 23.0 Å². The van der Waals surface area contributed by atoms with E-state index in [1.807, 2.05) is 0 Å².